The van der Waals surface area contributed by atoms with Gasteiger partial charge in [0.2, 0.25) is 0 Å². The van der Waals surface area contributed by atoms with Crippen molar-refractivity contribution < 1.29 is 19.5 Å². The molecule has 0 aliphatic carbocycles. The van der Waals surface area contributed by atoms with E-state index in [4.69, 9.17) is 34.4 Å². The summed E-state index contributed by atoms with van der Waals surface area (Å²) in [5, 5.41) is 0. The Bertz CT molecular complexity index is 32.6. The summed E-state index contributed by atoms with van der Waals surface area (Å²) >= 11 is 0. The standard InChI is InChI=1S/3C2H6N2.Zn/c3*3-1-2-4;/h3*3-4H,1-2H2;/q3*-2;. The molecule has 0 saturated heterocycles. The molecule has 0 aliphatic rings. The van der Waals surface area contributed by atoms with Gasteiger partial charge in [0.05, 0.1) is 0 Å². The maximum absolute atomic E-state index is 6.26. The first kappa shape index (κ1) is 23.3. The van der Waals surface area contributed by atoms with Crippen molar-refractivity contribution in [1.29, 1.82) is 0 Å². The fourth-order valence-corrected chi connectivity index (χ4v) is 0. The van der Waals surface area contributed by atoms with Crippen LogP contribution in [0.5, 0.6) is 0 Å². The Morgan fingerprint density at radius 3 is 0.462 bits per heavy atom. The number of hydrogen-bond donors (Lipinski definition) is 0. The van der Waals surface area contributed by atoms with E-state index in [0.29, 0.717) is 0 Å². The van der Waals surface area contributed by atoms with Gasteiger partial charge in [-0.25, -0.2) is 0 Å². The van der Waals surface area contributed by atoms with Crippen molar-refractivity contribution in [2.24, 2.45) is 0 Å². The van der Waals surface area contributed by atoms with Crippen LogP contribution in [0.2, 0.25) is 0 Å². The molecule has 80 valence electrons. The predicted molar refractivity (Wildman–Crippen MR) is 55.1 cm³/mol. The van der Waals surface area contributed by atoms with Gasteiger partial charge in [0, 0.05) is 19.5 Å². The molecule has 0 spiro atoms. The van der Waals surface area contributed by atoms with Crippen LogP contribution in [-0.4, -0.2) is 39.3 Å². The summed E-state index contributed by atoms with van der Waals surface area (Å²) in [5.74, 6) is 0. The maximum Gasteiger partial charge on any atom is 0 e. The van der Waals surface area contributed by atoms with E-state index in [1.807, 2.05) is 0 Å². The number of nitrogens with one attached hydrogen (secondary N) is 6. The summed E-state index contributed by atoms with van der Waals surface area (Å²) < 4.78 is 0. The Hall–Kier alpha value is 0.383. The number of hydrogen-bond acceptors (Lipinski definition) is 0. The summed E-state index contributed by atoms with van der Waals surface area (Å²) in [6.45, 7) is 1.42. The zero-order valence-electron chi connectivity index (χ0n) is 7.95. The Morgan fingerprint density at radius 1 is 0.385 bits per heavy atom. The van der Waals surface area contributed by atoms with Crippen LogP contribution < -0.4 is 0 Å². The maximum atomic E-state index is 6.26. The average molecular weight is 240 g/mol. The third-order valence-corrected chi connectivity index (χ3v) is 0.375. The van der Waals surface area contributed by atoms with Gasteiger partial charge in [-0.05, 0) is 0 Å². The largest absolute Gasteiger partial charge is 0.679 e. The molecule has 6 nitrogen and oxygen atoms in total. The second-order valence-corrected chi connectivity index (χ2v) is 1.50. The predicted octanol–water partition coefficient (Wildman–Crippen LogP) is 3.27. The molecule has 0 aromatic carbocycles. The van der Waals surface area contributed by atoms with E-state index in [1.54, 1.807) is 0 Å². The zero-order chi connectivity index (χ0) is 10.2. The molecule has 0 fully saturated rings. The Labute approximate surface area is 93.5 Å². The molecule has 0 aliphatic heterocycles. The van der Waals surface area contributed by atoms with Gasteiger partial charge in [-0.3, -0.25) is 0 Å². The van der Waals surface area contributed by atoms with Crippen molar-refractivity contribution in [2.45, 2.75) is 0 Å². The Balaban J connectivity index is -0.0000000450. The van der Waals surface area contributed by atoms with E-state index < -0.39 is 0 Å². The van der Waals surface area contributed by atoms with Crippen LogP contribution >= 0.6 is 0 Å². The van der Waals surface area contributed by atoms with Crippen LogP contribution in [0.3, 0.4) is 0 Å². The summed E-state index contributed by atoms with van der Waals surface area (Å²) in [6.07, 6.45) is 0. The molecule has 0 saturated carbocycles. The Kier molecular flexibility index (Phi) is 70.6. The third kappa shape index (κ3) is 117. The summed E-state index contributed by atoms with van der Waals surface area (Å²) in [7, 11) is 0. The summed E-state index contributed by atoms with van der Waals surface area (Å²) in [6, 6.07) is 0. The normalized spacial score (nSPS) is 6.92. The van der Waals surface area contributed by atoms with Gasteiger partial charge in [0.1, 0.15) is 0 Å². The molecule has 0 aromatic heterocycles. The van der Waals surface area contributed by atoms with Crippen LogP contribution in [0, 0.1) is 0 Å². The van der Waals surface area contributed by atoms with E-state index >= 15 is 0 Å². The molecule has 0 bridgehead atoms. The molecule has 0 heterocycles. The first-order valence-electron chi connectivity index (χ1n) is 3.62. The second kappa shape index (κ2) is 39.4. The minimum atomic E-state index is 0. The van der Waals surface area contributed by atoms with E-state index in [9.17, 15) is 0 Å². The molecule has 6 N–H and O–H groups in total. The molecule has 0 radical (unpaired) electrons. The quantitative estimate of drug-likeness (QED) is 0.666. The molecule has 0 aromatic rings. The third-order valence-electron chi connectivity index (χ3n) is 0.375. The summed E-state index contributed by atoms with van der Waals surface area (Å²) in [4.78, 5) is 0. The molecule has 0 atom stereocenters. The van der Waals surface area contributed by atoms with Crippen LogP contribution in [0.1, 0.15) is 0 Å². The zero-order valence-corrected chi connectivity index (χ0v) is 10.9. The van der Waals surface area contributed by atoms with Crippen molar-refractivity contribution >= 4 is 0 Å². The molecule has 0 unspecified atom stereocenters. The van der Waals surface area contributed by atoms with Gasteiger partial charge < -0.3 is 34.4 Å². The fourth-order valence-electron chi connectivity index (χ4n) is 0. The van der Waals surface area contributed by atoms with Crippen molar-refractivity contribution in [2.75, 3.05) is 39.3 Å². The SMILES string of the molecule is [NH-]CC[NH-].[NH-]CC[NH-].[NH-]CC[NH-].[Zn]. The van der Waals surface area contributed by atoms with Crippen LogP contribution in [0.25, 0.3) is 34.4 Å². The molecular formula is C6H18N6Zn-6. The molecule has 13 heavy (non-hydrogen) atoms. The first-order chi connectivity index (χ1) is 5.74. The van der Waals surface area contributed by atoms with E-state index in [1.165, 1.54) is 0 Å². The van der Waals surface area contributed by atoms with Gasteiger partial charge in [0.15, 0.2) is 0 Å². The van der Waals surface area contributed by atoms with Crippen molar-refractivity contribution in [3.05, 3.63) is 34.4 Å². The minimum Gasteiger partial charge on any atom is -0.679 e. The second-order valence-electron chi connectivity index (χ2n) is 1.50. The van der Waals surface area contributed by atoms with E-state index in [-0.39, 0.29) is 58.7 Å². The fraction of sp³-hybridized carbons (Fsp3) is 1.00. The molecule has 0 amide bonds. The monoisotopic (exact) mass is 238 g/mol. The topological polar surface area (TPSA) is 143 Å². The van der Waals surface area contributed by atoms with Gasteiger partial charge in [-0.15, -0.1) is 0 Å². The molecule has 0 rings (SSSR count). The van der Waals surface area contributed by atoms with E-state index in [0.717, 1.165) is 0 Å². The van der Waals surface area contributed by atoms with Crippen molar-refractivity contribution in [3.63, 3.8) is 0 Å². The molecular weight excluding hydrogens is 221 g/mol. The summed E-state index contributed by atoms with van der Waals surface area (Å²) in [5.41, 5.74) is 37.6. The van der Waals surface area contributed by atoms with E-state index in [2.05, 4.69) is 0 Å². The van der Waals surface area contributed by atoms with Gasteiger partial charge in [0.25, 0.3) is 0 Å². The van der Waals surface area contributed by atoms with Crippen LogP contribution in [-0.2, 0) is 19.5 Å². The minimum absolute atomic E-state index is 0. The van der Waals surface area contributed by atoms with Crippen LogP contribution in [0.4, 0.5) is 0 Å². The van der Waals surface area contributed by atoms with Crippen molar-refractivity contribution in [3.8, 4) is 0 Å². The number of rotatable bonds is 3. The Morgan fingerprint density at radius 2 is 0.462 bits per heavy atom. The first-order valence-corrected chi connectivity index (χ1v) is 3.62. The van der Waals surface area contributed by atoms with Gasteiger partial charge in [-0.2, -0.15) is 39.3 Å². The van der Waals surface area contributed by atoms with Gasteiger partial charge in [-0.1, -0.05) is 0 Å². The average Bonchev–Trinajstić information content (AvgIpc) is 2.18. The molecule has 7 heteroatoms. The van der Waals surface area contributed by atoms with Gasteiger partial charge >= 0.3 is 0 Å². The van der Waals surface area contributed by atoms with Crippen molar-refractivity contribution in [1.82, 2.24) is 0 Å². The van der Waals surface area contributed by atoms with Crippen LogP contribution in [0.15, 0.2) is 0 Å². The smallest absolute Gasteiger partial charge is 0 e.